The highest BCUT2D eigenvalue weighted by atomic mass is 19.1. The molecule has 0 unspecified atom stereocenters. The van der Waals surface area contributed by atoms with E-state index < -0.39 is 30.0 Å². The van der Waals surface area contributed by atoms with Crippen LogP contribution in [0.1, 0.15) is 59.6 Å². The molecule has 1 aromatic carbocycles. The lowest BCUT2D eigenvalue weighted by Gasteiger charge is -2.32. The lowest BCUT2D eigenvalue weighted by Crippen LogP contribution is -2.41. The van der Waals surface area contributed by atoms with Crippen LogP contribution >= 0.6 is 0 Å². The van der Waals surface area contributed by atoms with Crippen LogP contribution in [-0.2, 0) is 14.0 Å². The van der Waals surface area contributed by atoms with E-state index in [1.165, 1.54) is 6.07 Å². The third-order valence-corrected chi connectivity index (χ3v) is 4.94. The van der Waals surface area contributed by atoms with Gasteiger partial charge in [0.15, 0.2) is 0 Å². The van der Waals surface area contributed by atoms with Gasteiger partial charge in [-0.15, -0.1) is 0 Å². The highest BCUT2D eigenvalue weighted by Gasteiger charge is 2.52. The van der Waals surface area contributed by atoms with Crippen LogP contribution < -0.4 is 5.32 Å². The predicted octanol–water partition coefficient (Wildman–Crippen LogP) is 4.67. The van der Waals surface area contributed by atoms with Gasteiger partial charge in [-0.25, -0.2) is 9.18 Å². The van der Waals surface area contributed by atoms with Crippen molar-refractivity contribution in [3.63, 3.8) is 0 Å². The zero-order valence-corrected chi connectivity index (χ0v) is 18.1. The van der Waals surface area contributed by atoms with E-state index in [4.69, 9.17) is 14.0 Å². The smallest absolute Gasteiger partial charge is 0.444 e. The first kappa shape index (κ1) is 22.4. The lowest BCUT2D eigenvalue weighted by atomic mass is 9.77. The highest BCUT2D eigenvalue weighted by Crippen LogP contribution is 2.38. The van der Waals surface area contributed by atoms with Crippen molar-refractivity contribution in [1.29, 1.82) is 0 Å². The molecule has 1 aliphatic heterocycles. The quantitative estimate of drug-likeness (QED) is 0.758. The van der Waals surface area contributed by atoms with Crippen LogP contribution in [0.15, 0.2) is 23.7 Å². The number of nitrogens with one attached hydrogen (secondary N) is 1. The van der Waals surface area contributed by atoms with Gasteiger partial charge in [0.2, 0.25) is 0 Å². The van der Waals surface area contributed by atoms with Gasteiger partial charge >= 0.3 is 13.2 Å². The molecular weight excluding hydrogens is 360 g/mol. The second-order valence-corrected chi connectivity index (χ2v) is 9.17. The molecule has 7 heteroatoms. The van der Waals surface area contributed by atoms with Gasteiger partial charge in [-0.2, -0.15) is 0 Å². The molecule has 0 radical (unpaired) electrons. The Morgan fingerprint density at radius 2 is 1.79 bits per heavy atom. The number of aryl methyl sites for hydroxylation is 1. The minimum atomic E-state index is -0.663. The molecule has 1 aromatic rings. The Kier molecular flexibility index (Phi) is 6.31. The zero-order valence-electron chi connectivity index (χ0n) is 18.1. The summed E-state index contributed by atoms with van der Waals surface area (Å²) in [6, 6.07) is 4.98. The molecule has 0 aromatic heterocycles. The summed E-state index contributed by atoms with van der Waals surface area (Å²) in [6.45, 7) is 15.1. The Labute approximate surface area is 167 Å². The average Bonchev–Trinajstić information content (AvgIpc) is 2.73. The normalized spacial score (nSPS) is 18.9. The summed E-state index contributed by atoms with van der Waals surface area (Å²) >= 11 is 0. The van der Waals surface area contributed by atoms with E-state index in [9.17, 15) is 9.18 Å². The molecule has 28 heavy (non-hydrogen) atoms. The standard InChI is InChI=1S/C21H31BFNO4/c1-14-9-10-15(12-17(14)23)11-16(13-24-18(25)26-19(2,3)4)22-27-20(5,6)21(7,8)28-22/h9-12H,13H2,1-8H3,(H,24,25). The van der Waals surface area contributed by atoms with E-state index in [0.29, 0.717) is 16.6 Å². The molecule has 0 spiro atoms. The maximum Gasteiger partial charge on any atom is 0.492 e. The molecule has 0 saturated carbocycles. The number of ether oxygens (including phenoxy) is 1. The number of amides is 1. The number of hydrogen-bond acceptors (Lipinski definition) is 4. The van der Waals surface area contributed by atoms with E-state index in [-0.39, 0.29) is 12.4 Å². The number of rotatable bonds is 4. The minimum Gasteiger partial charge on any atom is -0.444 e. The molecule has 1 N–H and O–H groups in total. The molecule has 1 aliphatic rings. The number of carbonyl (C=O) groups is 1. The molecule has 0 aliphatic carbocycles. The van der Waals surface area contributed by atoms with Crippen molar-refractivity contribution in [3.8, 4) is 0 Å². The summed E-state index contributed by atoms with van der Waals surface area (Å²) in [5, 5.41) is 2.73. The molecule has 1 heterocycles. The van der Waals surface area contributed by atoms with E-state index in [0.717, 1.165) is 0 Å². The van der Waals surface area contributed by atoms with Gasteiger partial charge in [-0.3, -0.25) is 0 Å². The summed E-state index contributed by atoms with van der Waals surface area (Å²) in [6.07, 6.45) is 1.24. The molecule has 154 valence electrons. The second kappa shape index (κ2) is 7.87. The first-order valence-electron chi connectivity index (χ1n) is 9.49. The Morgan fingerprint density at radius 3 is 2.29 bits per heavy atom. The molecule has 2 rings (SSSR count). The van der Waals surface area contributed by atoms with Crippen LogP contribution in [-0.4, -0.2) is 36.6 Å². The van der Waals surface area contributed by atoms with Crippen LogP contribution in [0, 0.1) is 12.7 Å². The summed E-state index contributed by atoms with van der Waals surface area (Å²) in [5.41, 5.74) is 0.258. The van der Waals surface area contributed by atoms with Gasteiger partial charge in [0.05, 0.1) is 11.2 Å². The number of carbonyl (C=O) groups excluding carboxylic acids is 1. The van der Waals surface area contributed by atoms with Gasteiger partial charge in [-0.05, 0) is 78.1 Å². The largest absolute Gasteiger partial charge is 0.492 e. The van der Waals surface area contributed by atoms with Crippen molar-refractivity contribution in [2.75, 3.05) is 6.54 Å². The molecule has 0 atom stereocenters. The van der Waals surface area contributed by atoms with Gasteiger partial charge in [0.25, 0.3) is 0 Å². The molecular formula is C21H31BFNO4. The molecule has 1 fully saturated rings. The molecule has 5 nitrogen and oxygen atoms in total. The number of alkyl carbamates (subject to hydrolysis) is 1. The van der Waals surface area contributed by atoms with Crippen molar-refractivity contribution in [2.45, 2.75) is 72.2 Å². The first-order valence-corrected chi connectivity index (χ1v) is 9.49. The monoisotopic (exact) mass is 391 g/mol. The fraction of sp³-hybridized carbons (Fsp3) is 0.571. The van der Waals surface area contributed by atoms with Crippen LogP contribution in [0.3, 0.4) is 0 Å². The predicted molar refractivity (Wildman–Crippen MR) is 109 cm³/mol. The number of benzene rings is 1. The van der Waals surface area contributed by atoms with E-state index >= 15 is 0 Å². The van der Waals surface area contributed by atoms with Gasteiger partial charge in [-0.1, -0.05) is 18.2 Å². The average molecular weight is 391 g/mol. The summed E-state index contributed by atoms with van der Waals surface area (Å²) in [4.78, 5) is 12.1. The highest BCUT2D eigenvalue weighted by molar-refractivity contribution is 6.56. The van der Waals surface area contributed by atoms with E-state index in [1.54, 1.807) is 39.8 Å². The van der Waals surface area contributed by atoms with E-state index in [2.05, 4.69) is 5.32 Å². The van der Waals surface area contributed by atoms with Crippen molar-refractivity contribution >= 4 is 19.3 Å². The first-order chi connectivity index (χ1) is 12.7. The Balaban J connectivity index is 2.27. The third kappa shape index (κ3) is 5.58. The maximum atomic E-state index is 14.0. The SMILES string of the molecule is Cc1ccc(C=C(CNC(=O)OC(C)(C)C)B2OC(C)(C)C(C)(C)O2)cc1F. The third-order valence-electron chi connectivity index (χ3n) is 4.94. The van der Waals surface area contributed by atoms with Gasteiger partial charge in [0.1, 0.15) is 11.4 Å². The van der Waals surface area contributed by atoms with Crippen molar-refractivity contribution in [3.05, 3.63) is 40.6 Å². The summed E-state index contributed by atoms with van der Waals surface area (Å²) in [5.74, 6) is -0.290. The summed E-state index contributed by atoms with van der Waals surface area (Å²) in [7, 11) is -0.663. The number of halogens is 1. The van der Waals surface area contributed by atoms with Crippen molar-refractivity contribution in [1.82, 2.24) is 5.32 Å². The van der Waals surface area contributed by atoms with Crippen molar-refractivity contribution in [2.24, 2.45) is 0 Å². The molecule has 1 amide bonds. The molecule has 0 bridgehead atoms. The topological polar surface area (TPSA) is 56.8 Å². The Bertz CT molecular complexity index is 752. The van der Waals surface area contributed by atoms with Gasteiger partial charge in [0, 0.05) is 6.54 Å². The Morgan fingerprint density at radius 1 is 1.21 bits per heavy atom. The maximum absolute atomic E-state index is 14.0. The fourth-order valence-electron chi connectivity index (χ4n) is 2.60. The van der Waals surface area contributed by atoms with Gasteiger partial charge < -0.3 is 19.4 Å². The lowest BCUT2D eigenvalue weighted by molar-refractivity contribution is 0.00578. The van der Waals surface area contributed by atoms with Crippen LogP contribution in [0.4, 0.5) is 9.18 Å². The van der Waals surface area contributed by atoms with Crippen LogP contribution in [0.2, 0.25) is 0 Å². The number of hydrogen-bond donors (Lipinski definition) is 1. The fourth-order valence-corrected chi connectivity index (χ4v) is 2.60. The molecule has 1 saturated heterocycles. The summed E-state index contributed by atoms with van der Waals surface area (Å²) < 4.78 is 31.5. The Hall–Kier alpha value is -1.86. The second-order valence-electron chi connectivity index (χ2n) is 9.17. The van der Waals surface area contributed by atoms with Crippen LogP contribution in [0.5, 0.6) is 0 Å². The van der Waals surface area contributed by atoms with E-state index in [1.807, 2.05) is 33.8 Å². The minimum absolute atomic E-state index is 0.154. The van der Waals surface area contributed by atoms with Crippen molar-refractivity contribution < 1.29 is 23.2 Å². The van der Waals surface area contributed by atoms with Crippen LogP contribution in [0.25, 0.3) is 6.08 Å². The zero-order chi connectivity index (χ0) is 21.3.